The summed E-state index contributed by atoms with van der Waals surface area (Å²) in [4.78, 5) is 20.6. The van der Waals surface area contributed by atoms with E-state index in [4.69, 9.17) is 16.7 Å². The Morgan fingerprint density at radius 1 is 1.58 bits per heavy atom. The second kappa shape index (κ2) is 6.63. The van der Waals surface area contributed by atoms with Crippen molar-refractivity contribution in [3.05, 3.63) is 38.9 Å². The van der Waals surface area contributed by atoms with Crippen molar-refractivity contribution in [2.45, 2.75) is 12.7 Å². The van der Waals surface area contributed by atoms with Crippen LogP contribution in [-0.2, 0) is 21.3 Å². The molecule has 6 nitrogen and oxygen atoms in total. The number of non-ortho nitro benzene ring substituents is 1. The van der Waals surface area contributed by atoms with E-state index in [1.165, 1.54) is 25.1 Å². The zero-order valence-corrected chi connectivity index (χ0v) is 11.6. The van der Waals surface area contributed by atoms with Gasteiger partial charge in [0.15, 0.2) is 0 Å². The average molecular weight is 306 g/mol. The van der Waals surface area contributed by atoms with Crippen molar-refractivity contribution in [3.8, 4) is 0 Å². The maximum absolute atomic E-state index is 11.8. The molecule has 0 bridgehead atoms. The van der Waals surface area contributed by atoms with E-state index < -0.39 is 27.6 Å². The quantitative estimate of drug-likeness (QED) is 0.642. The van der Waals surface area contributed by atoms with Gasteiger partial charge in [-0.3, -0.25) is 19.1 Å². The number of nitrogens with zero attached hydrogens (tertiary/aromatic N) is 1. The molecular weight excluding hydrogens is 294 g/mol. The summed E-state index contributed by atoms with van der Waals surface area (Å²) >= 11 is 5.86. The molecule has 1 aromatic rings. The molecule has 2 atom stereocenters. The van der Waals surface area contributed by atoms with Gasteiger partial charge in [-0.25, -0.2) is 0 Å². The van der Waals surface area contributed by atoms with Gasteiger partial charge in [0.25, 0.3) is 5.69 Å². The van der Waals surface area contributed by atoms with Crippen LogP contribution in [0.3, 0.4) is 0 Å². The first kappa shape index (κ1) is 15.6. The van der Waals surface area contributed by atoms with Crippen molar-refractivity contribution in [2.24, 2.45) is 5.92 Å². The van der Waals surface area contributed by atoms with Gasteiger partial charge in [-0.2, -0.15) is 0 Å². The van der Waals surface area contributed by atoms with Gasteiger partial charge in [-0.05, 0) is 11.6 Å². The predicted octanol–water partition coefficient (Wildman–Crippen LogP) is 2.22. The molecule has 1 aromatic carbocycles. The lowest BCUT2D eigenvalue weighted by atomic mass is 10.2. The third-order valence-corrected chi connectivity index (χ3v) is 4.28. The highest BCUT2D eigenvalue weighted by atomic mass is 35.5. The van der Waals surface area contributed by atoms with E-state index in [9.17, 15) is 19.1 Å². The van der Waals surface area contributed by atoms with Crippen LogP contribution < -0.4 is 0 Å². The minimum Gasteiger partial charge on any atom is -0.481 e. The minimum atomic E-state index is -1.38. The van der Waals surface area contributed by atoms with Gasteiger partial charge in [0.05, 0.1) is 21.6 Å². The average Bonchev–Trinajstić information content (AvgIpc) is 2.31. The zero-order chi connectivity index (χ0) is 14.6. The number of carbonyl (C=O) groups is 1. The monoisotopic (exact) mass is 305 g/mol. The fourth-order valence-corrected chi connectivity index (χ4v) is 3.09. The van der Waals surface area contributed by atoms with Crippen molar-refractivity contribution >= 4 is 34.1 Å². The number of rotatable bonds is 6. The van der Waals surface area contributed by atoms with E-state index in [1.54, 1.807) is 0 Å². The molecule has 0 aliphatic carbocycles. The number of hydrogen-bond donors (Lipinski definition) is 1. The van der Waals surface area contributed by atoms with E-state index in [1.807, 2.05) is 0 Å². The maximum Gasteiger partial charge on any atom is 0.307 e. The van der Waals surface area contributed by atoms with Crippen LogP contribution in [0.5, 0.6) is 0 Å². The molecule has 8 heteroatoms. The van der Waals surface area contributed by atoms with Gasteiger partial charge in [-0.1, -0.05) is 18.5 Å². The number of carboxylic acids is 1. The molecule has 1 rings (SSSR count). The highest BCUT2D eigenvalue weighted by Crippen LogP contribution is 2.23. The standard InChI is InChI=1S/C11H12ClNO5S/c1-7(11(14)15)5-19(18)6-8-2-3-9(13(16)17)4-10(8)12/h2-4,7H,5-6H2,1H3,(H,14,15). The zero-order valence-electron chi connectivity index (χ0n) is 10.0. The molecule has 1 N–H and O–H groups in total. The number of benzene rings is 1. The lowest BCUT2D eigenvalue weighted by Gasteiger charge is -2.07. The number of hydrogen-bond acceptors (Lipinski definition) is 4. The lowest BCUT2D eigenvalue weighted by molar-refractivity contribution is -0.384. The van der Waals surface area contributed by atoms with Gasteiger partial charge < -0.3 is 5.11 Å². The van der Waals surface area contributed by atoms with Crippen LogP contribution in [0.15, 0.2) is 18.2 Å². The van der Waals surface area contributed by atoms with Crippen LogP contribution in [0.25, 0.3) is 0 Å². The van der Waals surface area contributed by atoms with E-state index in [2.05, 4.69) is 0 Å². The topological polar surface area (TPSA) is 97.5 Å². The van der Waals surface area contributed by atoms with Gasteiger partial charge in [0, 0.05) is 28.7 Å². The van der Waals surface area contributed by atoms with E-state index in [0.717, 1.165) is 0 Å². The number of aliphatic carboxylic acids is 1. The second-order valence-corrected chi connectivity index (χ2v) is 5.93. The summed E-state index contributed by atoms with van der Waals surface area (Å²) in [7, 11) is -1.38. The molecule has 0 spiro atoms. The van der Waals surface area contributed by atoms with Gasteiger partial charge in [-0.15, -0.1) is 0 Å². The Labute approximate surface area is 117 Å². The first-order valence-corrected chi connectivity index (χ1v) is 7.18. The van der Waals surface area contributed by atoms with Crippen LogP contribution in [0.4, 0.5) is 5.69 Å². The highest BCUT2D eigenvalue weighted by Gasteiger charge is 2.17. The Bertz CT molecular complexity index is 534. The molecule has 0 saturated heterocycles. The van der Waals surface area contributed by atoms with Crippen LogP contribution in [0.2, 0.25) is 5.02 Å². The summed E-state index contributed by atoms with van der Waals surface area (Å²) in [5, 5.41) is 19.4. The molecule has 0 fully saturated rings. The molecule has 0 amide bonds. The smallest absolute Gasteiger partial charge is 0.307 e. The molecule has 0 aliphatic heterocycles. The second-order valence-electron chi connectivity index (χ2n) is 4.02. The normalized spacial score (nSPS) is 13.8. The Morgan fingerprint density at radius 2 is 2.21 bits per heavy atom. The fraction of sp³-hybridized carbons (Fsp3) is 0.364. The lowest BCUT2D eigenvalue weighted by Crippen LogP contribution is -2.18. The van der Waals surface area contributed by atoms with Crippen LogP contribution in [0.1, 0.15) is 12.5 Å². The number of nitro benzene ring substituents is 1. The first-order valence-electron chi connectivity index (χ1n) is 5.32. The summed E-state index contributed by atoms with van der Waals surface area (Å²) in [6.07, 6.45) is 0. The van der Waals surface area contributed by atoms with Gasteiger partial charge in [0.2, 0.25) is 0 Å². The largest absolute Gasteiger partial charge is 0.481 e. The van der Waals surface area contributed by atoms with Crippen LogP contribution in [-0.4, -0.2) is 26.0 Å². The number of halogens is 1. The Kier molecular flexibility index (Phi) is 5.44. The number of nitro groups is 1. The summed E-state index contributed by atoms with van der Waals surface area (Å²) in [5.74, 6) is -1.63. The molecule has 0 heterocycles. The maximum atomic E-state index is 11.8. The van der Waals surface area contributed by atoms with Crippen LogP contribution >= 0.6 is 11.6 Å². The SMILES string of the molecule is CC(CS(=O)Cc1ccc([N+](=O)[O-])cc1Cl)C(=O)O. The van der Waals surface area contributed by atoms with E-state index in [-0.39, 0.29) is 22.2 Å². The Morgan fingerprint density at radius 3 is 2.68 bits per heavy atom. The predicted molar refractivity (Wildman–Crippen MR) is 71.6 cm³/mol. The van der Waals surface area contributed by atoms with E-state index in [0.29, 0.717) is 5.56 Å². The van der Waals surface area contributed by atoms with E-state index >= 15 is 0 Å². The number of carboxylic acid groups (broad SMARTS) is 1. The van der Waals surface area contributed by atoms with Crippen molar-refractivity contribution in [1.29, 1.82) is 0 Å². The summed E-state index contributed by atoms with van der Waals surface area (Å²) < 4.78 is 11.8. The van der Waals surface area contributed by atoms with Crippen molar-refractivity contribution in [2.75, 3.05) is 5.75 Å². The third kappa shape index (κ3) is 4.60. The molecule has 19 heavy (non-hydrogen) atoms. The molecule has 2 unspecified atom stereocenters. The summed E-state index contributed by atoms with van der Waals surface area (Å²) in [6.45, 7) is 1.47. The minimum absolute atomic E-state index is 0.0165. The third-order valence-electron chi connectivity index (χ3n) is 2.42. The van der Waals surface area contributed by atoms with Crippen LogP contribution in [0, 0.1) is 16.0 Å². The molecule has 0 saturated carbocycles. The highest BCUT2D eigenvalue weighted by molar-refractivity contribution is 7.84. The Hall–Kier alpha value is -1.47. The molecule has 104 valence electrons. The Balaban J connectivity index is 2.75. The molecule has 0 radical (unpaired) electrons. The van der Waals surface area contributed by atoms with Crippen molar-refractivity contribution in [1.82, 2.24) is 0 Å². The summed E-state index contributed by atoms with van der Waals surface area (Å²) in [6, 6.07) is 3.90. The van der Waals surface area contributed by atoms with Gasteiger partial charge >= 0.3 is 5.97 Å². The van der Waals surface area contributed by atoms with Gasteiger partial charge in [0.1, 0.15) is 0 Å². The molecule has 0 aliphatic rings. The fourth-order valence-electron chi connectivity index (χ4n) is 1.35. The first-order chi connectivity index (χ1) is 8.81. The molecular formula is C11H12ClNO5S. The van der Waals surface area contributed by atoms with Crippen molar-refractivity contribution < 1.29 is 19.0 Å². The van der Waals surface area contributed by atoms with Crippen molar-refractivity contribution in [3.63, 3.8) is 0 Å². The summed E-state index contributed by atoms with van der Waals surface area (Å²) in [5.41, 5.74) is 0.363. The molecule has 0 aromatic heterocycles.